The van der Waals surface area contributed by atoms with Crippen molar-refractivity contribution in [3.05, 3.63) is 23.8 Å². The molecule has 2 saturated carbocycles. The molecule has 1 aromatic carbocycles. The Hall–Kier alpha value is -2.57. The van der Waals surface area contributed by atoms with Crippen LogP contribution in [0.4, 0.5) is 11.4 Å². The number of rotatable bonds is 5. The molecule has 2 saturated heterocycles. The lowest BCUT2D eigenvalue weighted by Crippen LogP contribution is -2.38. The van der Waals surface area contributed by atoms with E-state index in [0.29, 0.717) is 23.7 Å². The van der Waals surface area contributed by atoms with Crippen molar-refractivity contribution in [3.63, 3.8) is 0 Å². The number of anilines is 2. The summed E-state index contributed by atoms with van der Waals surface area (Å²) >= 11 is 0. The number of benzene rings is 1. The number of nitrogens with zero attached hydrogens (tertiary/aromatic N) is 3. The molecule has 3 amide bonds. The van der Waals surface area contributed by atoms with Crippen LogP contribution in [0.2, 0.25) is 0 Å². The minimum atomic E-state index is 0.0552. The van der Waals surface area contributed by atoms with E-state index in [1.807, 2.05) is 28.0 Å². The molecule has 0 spiro atoms. The fraction of sp³-hybridized carbons (Fsp3) is 0.654. The molecule has 4 fully saturated rings. The van der Waals surface area contributed by atoms with Crippen LogP contribution in [0.5, 0.6) is 0 Å². The quantitative estimate of drug-likeness (QED) is 0.742. The van der Waals surface area contributed by atoms with Gasteiger partial charge in [-0.3, -0.25) is 14.4 Å². The molecule has 0 unspecified atom stereocenters. The van der Waals surface area contributed by atoms with Crippen molar-refractivity contribution in [1.82, 2.24) is 9.80 Å². The molecular formula is C26H36N4O3. The second kappa shape index (κ2) is 9.74. The Labute approximate surface area is 196 Å². The highest BCUT2D eigenvalue weighted by atomic mass is 16.2. The molecular weight excluding hydrogens is 416 g/mol. The summed E-state index contributed by atoms with van der Waals surface area (Å²) < 4.78 is 0. The number of hydrogen-bond acceptors (Lipinski definition) is 4. The zero-order chi connectivity index (χ0) is 22.8. The van der Waals surface area contributed by atoms with Crippen LogP contribution in [-0.2, 0) is 9.59 Å². The summed E-state index contributed by atoms with van der Waals surface area (Å²) in [6.07, 6.45) is 9.23. The number of carbonyl (C=O) groups is 3. The highest BCUT2D eigenvalue weighted by Gasteiger charge is 2.34. The van der Waals surface area contributed by atoms with E-state index in [1.165, 1.54) is 6.42 Å². The van der Waals surface area contributed by atoms with E-state index >= 15 is 0 Å². The van der Waals surface area contributed by atoms with E-state index < -0.39 is 0 Å². The molecule has 0 bridgehead atoms. The monoisotopic (exact) mass is 452 g/mol. The highest BCUT2D eigenvalue weighted by molar-refractivity contribution is 6.02. The number of nitrogens with one attached hydrogen (secondary N) is 1. The van der Waals surface area contributed by atoms with E-state index in [4.69, 9.17) is 0 Å². The second-order valence-corrected chi connectivity index (χ2v) is 10.1. The minimum Gasteiger partial charge on any atom is -0.369 e. The van der Waals surface area contributed by atoms with Crippen molar-refractivity contribution in [2.45, 2.75) is 57.8 Å². The summed E-state index contributed by atoms with van der Waals surface area (Å²) in [5.41, 5.74) is 2.30. The fourth-order valence-corrected chi connectivity index (χ4v) is 5.21. The number of likely N-dealkylation sites (tertiary alicyclic amines) is 1. The van der Waals surface area contributed by atoms with Gasteiger partial charge in [0.25, 0.3) is 5.91 Å². The van der Waals surface area contributed by atoms with Crippen LogP contribution in [-0.4, -0.2) is 66.8 Å². The first kappa shape index (κ1) is 22.2. The van der Waals surface area contributed by atoms with Gasteiger partial charge < -0.3 is 20.0 Å². The zero-order valence-electron chi connectivity index (χ0n) is 19.6. The van der Waals surface area contributed by atoms with E-state index in [1.54, 1.807) is 0 Å². The first-order valence-electron chi connectivity index (χ1n) is 12.9. The van der Waals surface area contributed by atoms with Gasteiger partial charge in [-0.1, -0.05) is 6.42 Å². The van der Waals surface area contributed by atoms with Gasteiger partial charge in [-0.15, -0.1) is 0 Å². The SMILES string of the molecule is O=C(Nc1ccc(N2CCCN(C(=O)C3CC3)CC2)c(C(=O)N2CCCCC2)c1)C1CCC1. The average Bonchev–Trinajstić information content (AvgIpc) is 3.65. The molecule has 2 heterocycles. The molecule has 4 aliphatic rings. The van der Waals surface area contributed by atoms with Gasteiger partial charge in [0, 0.05) is 62.5 Å². The third-order valence-corrected chi connectivity index (χ3v) is 7.69. The summed E-state index contributed by atoms with van der Waals surface area (Å²) in [6, 6.07) is 5.80. The number of hydrogen-bond donors (Lipinski definition) is 1. The maximum absolute atomic E-state index is 13.6. The van der Waals surface area contributed by atoms with Gasteiger partial charge in [0.1, 0.15) is 0 Å². The smallest absolute Gasteiger partial charge is 0.256 e. The average molecular weight is 453 g/mol. The molecule has 5 rings (SSSR count). The van der Waals surface area contributed by atoms with Gasteiger partial charge in [0.15, 0.2) is 0 Å². The highest BCUT2D eigenvalue weighted by Crippen LogP contribution is 2.33. The Morgan fingerprint density at radius 3 is 2.18 bits per heavy atom. The van der Waals surface area contributed by atoms with Crippen molar-refractivity contribution in [2.75, 3.05) is 49.5 Å². The van der Waals surface area contributed by atoms with Crippen molar-refractivity contribution < 1.29 is 14.4 Å². The summed E-state index contributed by atoms with van der Waals surface area (Å²) in [6.45, 7) is 4.62. The lowest BCUT2D eigenvalue weighted by molar-refractivity contribution is -0.132. The second-order valence-electron chi connectivity index (χ2n) is 10.1. The number of piperidine rings is 1. The van der Waals surface area contributed by atoms with Crippen LogP contribution >= 0.6 is 0 Å². The molecule has 0 radical (unpaired) electrons. The van der Waals surface area contributed by atoms with Crippen LogP contribution in [0.15, 0.2) is 18.2 Å². The van der Waals surface area contributed by atoms with E-state index in [2.05, 4.69) is 10.2 Å². The zero-order valence-corrected chi connectivity index (χ0v) is 19.6. The van der Waals surface area contributed by atoms with E-state index in [9.17, 15) is 14.4 Å². The maximum Gasteiger partial charge on any atom is 0.256 e. The molecule has 33 heavy (non-hydrogen) atoms. The molecule has 0 atom stereocenters. The van der Waals surface area contributed by atoms with E-state index in [0.717, 1.165) is 89.8 Å². The van der Waals surface area contributed by atoms with Gasteiger partial charge in [0.05, 0.1) is 5.56 Å². The van der Waals surface area contributed by atoms with Crippen LogP contribution in [0, 0.1) is 11.8 Å². The standard InChI is InChI=1S/C26H36N4O3/c31-24(19-6-4-7-19)27-21-10-11-23(22(18-21)26(33)29-12-2-1-3-13-29)28-14-5-15-30(17-16-28)25(32)20-8-9-20/h10-11,18-20H,1-9,12-17H2,(H,27,31). The Morgan fingerprint density at radius 1 is 0.727 bits per heavy atom. The Morgan fingerprint density at radius 2 is 1.48 bits per heavy atom. The van der Waals surface area contributed by atoms with Gasteiger partial charge in [-0.2, -0.15) is 0 Å². The third kappa shape index (κ3) is 5.02. The molecule has 178 valence electrons. The van der Waals surface area contributed by atoms with Crippen molar-refractivity contribution >= 4 is 29.1 Å². The third-order valence-electron chi connectivity index (χ3n) is 7.69. The lowest BCUT2D eigenvalue weighted by atomic mass is 9.85. The summed E-state index contributed by atoms with van der Waals surface area (Å²) in [5, 5.41) is 3.04. The first-order chi connectivity index (χ1) is 16.1. The molecule has 1 N–H and O–H groups in total. The lowest BCUT2D eigenvalue weighted by Gasteiger charge is -2.31. The normalized spacial score (nSPS) is 21.9. The molecule has 7 heteroatoms. The van der Waals surface area contributed by atoms with Crippen molar-refractivity contribution in [3.8, 4) is 0 Å². The maximum atomic E-state index is 13.6. The fourth-order valence-electron chi connectivity index (χ4n) is 5.21. The van der Waals surface area contributed by atoms with Crippen molar-refractivity contribution in [2.24, 2.45) is 11.8 Å². The molecule has 1 aromatic rings. The number of carbonyl (C=O) groups excluding carboxylic acids is 3. The Balaban J connectivity index is 1.36. The van der Waals surface area contributed by atoms with Gasteiger partial charge in [-0.25, -0.2) is 0 Å². The molecule has 0 aromatic heterocycles. The largest absolute Gasteiger partial charge is 0.369 e. The molecule has 7 nitrogen and oxygen atoms in total. The van der Waals surface area contributed by atoms with Crippen molar-refractivity contribution in [1.29, 1.82) is 0 Å². The predicted octanol–water partition coefficient (Wildman–Crippen LogP) is 3.50. The Kier molecular flexibility index (Phi) is 6.56. The summed E-state index contributed by atoms with van der Waals surface area (Å²) in [4.78, 5) is 44.9. The van der Waals surface area contributed by atoms with Crippen LogP contribution in [0.25, 0.3) is 0 Å². The summed E-state index contributed by atoms with van der Waals surface area (Å²) in [7, 11) is 0. The van der Waals surface area contributed by atoms with E-state index in [-0.39, 0.29) is 23.7 Å². The van der Waals surface area contributed by atoms with Gasteiger partial charge in [-0.05, 0) is 69.6 Å². The molecule has 2 aliphatic carbocycles. The van der Waals surface area contributed by atoms with Gasteiger partial charge >= 0.3 is 0 Å². The minimum absolute atomic E-state index is 0.0552. The molecule has 2 aliphatic heterocycles. The number of amides is 3. The van der Waals surface area contributed by atoms with Crippen LogP contribution in [0.3, 0.4) is 0 Å². The Bertz CT molecular complexity index is 903. The topological polar surface area (TPSA) is 73.0 Å². The summed E-state index contributed by atoms with van der Waals surface area (Å²) in [5.74, 6) is 0.766. The van der Waals surface area contributed by atoms with Crippen LogP contribution in [0.1, 0.15) is 68.1 Å². The first-order valence-corrected chi connectivity index (χ1v) is 12.9. The van der Waals surface area contributed by atoms with Crippen LogP contribution < -0.4 is 10.2 Å². The predicted molar refractivity (Wildman–Crippen MR) is 128 cm³/mol. The van der Waals surface area contributed by atoms with Gasteiger partial charge in [0.2, 0.25) is 11.8 Å².